The number of para-hydroxylation sites is 1. The van der Waals surface area contributed by atoms with Gasteiger partial charge in [-0.25, -0.2) is 14.2 Å². The summed E-state index contributed by atoms with van der Waals surface area (Å²) in [4.78, 5) is 0. The number of benzene rings is 2. The van der Waals surface area contributed by atoms with Crippen LogP contribution in [0.25, 0.3) is 0 Å². The lowest BCUT2D eigenvalue weighted by molar-refractivity contribution is 0.150. The number of hydrazine groups is 1. The lowest BCUT2D eigenvalue weighted by Gasteiger charge is -2.11. The summed E-state index contributed by atoms with van der Waals surface area (Å²) in [5.74, 6) is 0. The minimum Gasteiger partial charge on any atom is -0.321 e. The lowest BCUT2D eigenvalue weighted by atomic mass is 10.1. The summed E-state index contributed by atoms with van der Waals surface area (Å²) < 4.78 is 25.5. The van der Waals surface area contributed by atoms with Crippen molar-refractivity contribution in [1.82, 2.24) is 5.43 Å². The highest BCUT2D eigenvalue weighted by molar-refractivity contribution is 5.41. The number of hydrogen-bond acceptors (Lipinski definition) is 2. The largest absolute Gasteiger partial charge is 0.321 e. The van der Waals surface area contributed by atoms with E-state index in [-0.39, 0.29) is 5.56 Å². The molecule has 2 aromatic carbocycles. The summed E-state index contributed by atoms with van der Waals surface area (Å²) in [5, 5.41) is 0. The van der Waals surface area contributed by atoms with Crippen LogP contribution in [0, 0.1) is 0 Å². The van der Waals surface area contributed by atoms with E-state index in [4.69, 9.17) is 0 Å². The number of alkyl halides is 2. The lowest BCUT2D eigenvalue weighted by Crippen LogP contribution is -2.21. The molecule has 0 aliphatic carbocycles. The van der Waals surface area contributed by atoms with Crippen molar-refractivity contribution in [3.63, 3.8) is 0 Å². The maximum atomic E-state index is 12.7. The van der Waals surface area contributed by atoms with E-state index in [0.717, 1.165) is 5.69 Å². The second-order valence-electron chi connectivity index (χ2n) is 3.84. The van der Waals surface area contributed by atoms with E-state index in [9.17, 15) is 8.78 Å². The van der Waals surface area contributed by atoms with E-state index in [0.29, 0.717) is 12.1 Å². The first kappa shape index (κ1) is 12.5. The van der Waals surface area contributed by atoms with Gasteiger partial charge in [0, 0.05) is 17.8 Å². The van der Waals surface area contributed by atoms with Crippen molar-refractivity contribution >= 4 is 5.69 Å². The van der Waals surface area contributed by atoms with Crippen LogP contribution in [0.15, 0.2) is 54.6 Å². The van der Waals surface area contributed by atoms with Crippen molar-refractivity contribution in [2.75, 3.05) is 5.43 Å². The zero-order valence-electron chi connectivity index (χ0n) is 9.74. The molecule has 0 bridgehead atoms. The summed E-state index contributed by atoms with van der Waals surface area (Å²) >= 11 is 0. The minimum absolute atomic E-state index is 0.0693. The molecular formula is C14H14F2N2. The highest BCUT2D eigenvalue weighted by Crippen LogP contribution is 2.22. The second kappa shape index (κ2) is 6.12. The maximum absolute atomic E-state index is 12.7. The number of anilines is 1. The Labute approximate surface area is 105 Å². The Hall–Kier alpha value is -1.94. The van der Waals surface area contributed by atoms with Gasteiger partial charge in [0.1, 0.15) is 0 Å². The molecule has 0 amide bonds. The van der Waals surface area contributed by atoms with Gasteiger partial charge < -0.3 is 5.43 Å². The van der Waals surface area contributed by atoms with E-state index in [1.165, 1.54) is 6.07 Å². The molecule has 0 atom stereocenters. The van der Waals surface area contributed by atoms with Crippen molar-refractivity contribution in [3.8, 4) is 0 Å². The monoisotopic (exact) mass is 248 g/mol. The predicted molar refractivity (Wildman–Crippen MR) is 68.3 cm³/mol. The van der Waals surface area contributed by atoms with Gasteiger partial charge in [-0.3, -0.25) is 0 Å². The Morgan fingerprint density at radius 1 is 0.889 bits per heavy atom. The second-order valence-corrected chi connectivity index (χ2v) is 3.84. The number of rotatable bonds is 5. The van der Waals surface area contributed by atoms with Gasteiger partial charge in [0.15, 0.2) is 0 Å². The standard InChI is InChI=1S/C14H14F2N2/c15-14(16)13-9-5-4-6-11(13)10-17-18-12-7-2-1-3-8-12/h1-9,14,17-18H,10H2. The third-order valence-corrected chi connectivity index (χ3v) is 2.58. The molecule has 0 aromatic heterocycles. The van der Waals surface area contributed by atoms with Crippen LogP contribution in [-0.2, 0) is 6.54 Å². The molecule has 0 radical (unpaired) electrons. The highest BCUT2D eigenvalue weighted by Gasteiger charge is 2.11. The summed E-state index contributed by atoms with van der Waals surface area (Å²) in [6, 6.07) is 16.0. The van der Waals surface area contributed by atoms with Gasteiger partial charge in [-0.15, -0.1) is 0 Å². The van der Waals surface area contributed by atoms with Crippen LogP contribution < -0.4 is 10.9 Å². The van der Waals surface area contributed by atoms with Crippen molar-refractivity contribution < 1.29 is 8.78 Å². The predicted octanol–water partition coefficient (Wildman–Crippen LogP) is 3.74. The molecule has 18 heavy (non-hydrogen) atoms. The molecule has 2 nitrogen and oxygen atoms in total. The number of hydrogen-bond donors (Lipinski definition) is 2. The molecular weight excluding hydrogens is 234 g/mol. The molecule has 0 aliphatic rings. The Morgan fingerprint density at radius 3 is 2.28 bits per heavy atom. The van der Waals surface area contributed by atoms with E-state index < -0.39 is 6.43 Å². The van der Waals surface area contributed by atoms with Crippen LogP contribution in [0.1, 0.15) is 17.6 Å². The molecule has 2 rings (SSSR count). The number of halogens is 2. The molecule has 2 N–H and O–H groups in total. The topological polar surface area (TPSA) is 24.1 Å². The van der Waals surface area contributed by atoms with Crippen LogP contribution >= 0.6 is 0 Å². The van der Waals surface area contributed by atoms with Gasteiger partial charge in [0.2, 0.25) is 0 Å². The van der Waals surface area contributed by atoms with Gasteiger partial charge in [-0.05, 0) is 17.7 Å². The zero-order valence-corrected chi connectivity index (χ0v) is 9.74. The molecule has 0 spiro atoms. The summed E-state index contributed by atoms with van der Waals surface area (Å²) in [7, 11) is 0. The summed E-state index contributed by atoms with van der Waals surface area (Å²) in [5.41, 5.74) is 7.45. The number of nitrogens with one attached hydrogen (secondary N) is 2. The van der Waals surface area contributed by atoms with E-state index in [2.05, 4.69) is 10.9 Å². The third-order valence-electron chi connectivity index (χ3n) is 2.58. The van der Waals surface area contributed by atoms with Crippen molar-refractivity contribution in [3.05, 3.63) is 65.7 Å². The smallest absolute Gasteiger partial charge is 0.264 e. The molecule has 0 saturated heterocycles. The molecule has 4 heteroatoms. The average molecular weight is 248 g/mol. The first-order valence-electron chi connectivity index (χ1n) is 5.67. The van der Waals surface area contributed by atoms with E-state index >= 15 is 0 Å². The van der Waals surface area contributed by atoms with E-state index in [1.807, 2.05) is 30.3 Å². The first-order chi connectivity index (χ1) is 8.77. The quantitative estimate of drug-likeness (QED) is 0.788. The fourth-order valence-electron chi connectivity index (χ4n) is 1.67. The Morgan fingerprint density at radius 2 is 1.56 bits per heavy atom. The SMILES string of the molecule is FC(F)c1ccccc1CNNc1ccccc1. The van der Waals surface area contributed by atoms with Gasteiger partial charge >= 0.3 is 0 Å². The Kier molecular flexibility index (Phi) is 4.25. The minimum atomic E-state index is -2.44. The third kappa shape index (κ3) is 3.28. The maximum Gasteiger partial charge on any atom is 0.264 e. The molecule has 0 fully saturated rings. The van der Waals surface area contributed by atoms with Crippen LogP contribution in [0.3, 0.4) is 0 Å². The van der Waals surface area contributed by atoms with Crippen LogP contribution in [0.4, 0.5) is 14.5 Å². The van der Waals surface area contributed by atoms with Gasteiger partial charge in [0.25, 0.3) is 6.43 Å². The van der Waals surface area contributed by atoms with E-state index in [1.54, 1.807) is 18.2 Å². The zero-order chi connectivity index (χ0) is 12.8. The Balaban J connectivity index is 1.94. The van der Waals surface area contributed by atoms with Crippen molar-refractivity contribution in [2.45, 2.75) is 13.0 Å². The van der Waals surface area contributed by atoms with Crippen LogP contribution in [-0.4, -0.2) is 0 Å². The molecule has 2 aromatic rings. The fraction of sp³-hybridized carbons (Fsp3) is 0.143. The van der Waals surface area contributed by atoms with Crippen LogP contribution in [0.2, 0.25) is 0 Å². The molecule has 0 saturated carbocycles. The van der Waals surface area contributed by atoms with Gasteiger partial charge in [-0.1, -0.05) is 42.5 Å². The van der Waals surface area contributed by atoms with Gasteiger partial charge in [0.05, 0.1) is 0 Å². The van der Waals surface area contributed by atoms with Crippen LogP contribution in [0.5, 0.6) is 0 Å². The molecule has 94 valence electrons. The van der Waals surface area contributed by atoms with Crippen molar-refractivity contribution in [1.29, 1.82) is 0 Å². The van der Waals surface area contributed by atoms with Gasteiger partial charge in [-0.2, -0.15) is 0 Å². The molecule has 0 aliphatic heterocycles. The van der Waals surface area contributed by atoms with Crippen molar-refractivity contribution in [2.24, 2.45) is 0 Å². The molecule has 0 unspecified atom stereocenters. The highest BCUT2D eigenvalue weighted by atomic mass is 19.3. The summed E-state index contributed by atoms with van der Waals surface area (Å²) in [6.07, 6.45) is -2.44. The normalized spacial score (nSPS) is 10.6. The molecule has 0 heterocycles. The summed E-state index contributed by atoms with van der Waals surface area (Å²) in [6.45, 7) is 0.343. The fourth-order valence-corrected chi connectivity index (χ4v) is 1.67. The Bertz CT molecular complexity index is 486. The first-order valence-corrected chi connectivity index (χ1v) is 5.67. The average Bonchev–Trinajstić information content (AvgIpc) is 2.40.